The van der Waals surface area contributed by atoms with Crippen LogP contribution in [0.4, 0.5) is 10.1 Å². The minimum atomic E-state index is -0.151. The molecule has 0 aliphatic carbocycles. The molecule has 0 unspecified atom stereocenters. The zero-order valence-corrected chi connectivity index (χ0v) is 16.0. The number of rotatable bonds is 5. The molecule has 3 saturated heterocycles. The number of nitrogens with zero attached hydrogens (tertiary/aromatic N) is 4. The van der Waals surface area contributed by atoms with Crippen molar-refractivity contribution < 1.29 is 4.39 Å². The summed E-state index contributed by atoms with van der Waals surface area (Å²) in [4.78, 5) is 10.3. The van der Waals surface area contributed by atoms with Crippen molar-refractivity contribution in [1.82, 2.24) is 14.7 Å². The van der Waals surface area contributed by atoms with Crippen molar-refractivity contribution in [1.29, 1.82) is 0 Å². The van der Waals surface area contributed by atoms with Crippen molar-refractivity contribution in [2.75, 3.05) is 70.3 Å². The lowest BCUT2D eigenvalue weighted by Gasteiger charge is -2.49. The average molecular weight is 361 g/mol. The maximum Gasteiger partial charge on any atom is 0.123 e. The monoisotopic (exact) mass is 360 g/mol. The highest BCUT2D eigenvalue weighted by molar-refractivity contribution is 5.46. The van der Waals surface area contributed by atoms with Gasteiger partial charge in [0, 0.05) is 64.1 Å². The Bertz CT molecular complexity index is 542. The summed E-state index contributed by atoms with van der Waals surface area (Å²) in [6, 6.07) is 7.68. The summed E-state index contributed by atoms with van der Waals surface area (Å²) in [6.45, 7) is 12.0. The fourth-order valence-electron chi connectivity index (χ4n) is 4.60. The molecule has 3 fully saturated rings. The molecular weight excluding hydrogens is 327 g/mol. The molecule has 3 aliphatic heterocycles. The van der Waals surface area contributed by atoms with Crippen molar-refractivity contribution in [3.05, 3.63) is 30.1 Å². The highest BCUT2D eigenvalue weighted by Gasteiger charge is 2.33. The van der Waals surface area contributed by atoms with Crippen LogP contribution in [-0.4, -0.2) is 86.2 Å². The number of hydrogen-bond donors (Lipinski definition) is 0. The highest BCUT2D eigenvalue weighted by Crippen LogP contribution is 2.21. The second-order valence-electron chi connectivity index (χ2n) is 8.17. The molecule has 0 radical (unpaired) electrons. The van der Waals surface area contributed by atoms with Crippen molar-refractivity contribution in [2.24, 2.45) is 0 Å². The predicted molar refractivity (Wildman–Crippen MR) is 105 cm³/mol. The third-order valence-corrected chi connectivity index (χ3v) is 6.39. The van der Waals surface area contributed by atoms with Gasteiger partial charge in [0.1, 0.15) is 5.82 Å². The first-order chi connectivity index (χ1) is 12.8. The zero-order chi connectivity index (χ0) is 17.8. The summed E-state index contributed by atoms with van der Waals surface area (Å²) in [5.74, 6) is -0.151. The number of piperazine rings is 1. The summed E-state index contributed by atoms with van der Waals surface area (Å²) >= 11 is 0. The van der Waals surface area contributed by atoms with E-state index >= 15 is 0 Å². The van der Waals surface area contributed by atoms with Gasteiger partial charge in [-0.05, 0) is 50.2 Å². The first-order valence-electron chi connectivity index (χ1n) is 10.5. The molecule has 0 N–H and O–H groups in total. The van der Waals surface area contributed by atoms with E-state index in [4.69, 9.17) is 0 Å². The molecule has 0 atom stereocenters. The van der Waals surface area contributed by atoms with E-state index < -0.39 is 0 Å². The van der Waals surface area contributed by atoms with Crippen LogP contribution in [0, 0.1) is 5.82 Å². The molecule has 0 bridgehead atoms. The van der Waals surface area contributed by atoms with Gasteiger partial charge < -0.3 is 9.80 Å². The molecule has 1 aromatic rings. The Morgan fingerprint density at radius 1 is 0.731 bits per heavy atom. The minimum Gasteiger partial charge on any atom is -0.369 e. The van der Waals surface area contributed by atoms with Crippen LogP contribution in [0.3, 0.4) is 0 Å². The van der Waals surface area contributed by atoms with Crippen LogP contribution >= 0.6 is 0 Å². The average Bonchev–Trinajstić information content (AvgIpc) is 2.90. The van der Waals surface area contributed by atoms with Crippen LogP contribution in [-0.2, 0) is 0 Å². The van der Waals surface area contributed by atoms with E-state index in [0.29, 0.717) is 0 Å². The predicted octanol–water partition coefficient (Wildman–Crippen LogP) is 2.51. The Morgan fingerprint density at radius 3 is 2.00 bits per heavy atom. The van der Waals surface area contributed by atoms with Crippen molar-refractivity contribution in [2.45, 2.75) is 31.7 Å². The fraction of sp³-hybridized carbons (Fsp3) is 0.714. The van der Waals surface area contributed by atoms with Crippen LogP contribution in [0.2, 0.25) is 0 Å². The summed E-state index contributed by atoms with van der Waals surface area (Å²) < 4.78 is 13.1. The van der Waals surface area contributed by atoms with Gasteiger partial charge in [-0.3, -0.25) is 9.80 Å². The molecule has 5 heteroatoms. The second kappa shape index (κ2) is 8.68. The van der Waals surface area contributed by atoms with Gasteiger partial charge in [-0.1, -0.05) is 12.8 Å². The third-order valence-electron chi connectivity index (χ3n) is 6.39. The summed E-state index contributed by atoms with van der Waals surface area (Å²) in [5, 5.41) is 0. The molecule has 0 amide bonds. The molecule has 4 nitrogen and oxygen atoms in total. The second-order valence-corrected chi connectivity index (χ2v) is 8.17. The Labute approximate surface area is 157 Å². The molecule has 144 valence electrons. The Morgan fingerprint density at radius 2 is 1.35 bits per heavy atom. The van der Waals surface area contributed by atoms with Gasteiger partial charge in [-0.15, -0.1) is 0 Å². The van der Waals surface area contributed by atoms with Gasteiger partial charge in [0.25, 0.3) is 0 Å². The lowest BCUT2D eigenvalue weighted by atomic mass is 10.1. The SMILES string of the molecule is Fc1ccc(N2CCN(C3CN(CCN4CCCCCC4)C3)CC2)cc1. The first kappa shape index (κ1) is 18.2. The normalized spacial score (nSPS) is 24.4. The van der Waals surface area contributed by atoms with E-state index in [-0.39, 0.29) is 5.82 Å². The summed E-state index contributed by atoms with van der Waals surface area (Å²) in [7, 11) is 0. The Kier molecular flexibility index (Phi) is 6.08. The van der Waals surface area contributed by atoms with Gasteiger partial charge in [0.15, 0.2) is 0 Å². The van der Waals surface area contributed by atoms with E-state index in [9.17, 15) is 4.39 Å². The number of hydrogen-bond acceptors (Lipinski definition) is 4. The van der Waals surface area contributed by atoms with Crippen LogP contribution in [0.25, 0.3) is 0 Å². The highest BCUT2D eigenvalue weighted by atomic mass is 19.1. The van der Waals surface area contributed by atoms with Gasteiger partial charge in [-0.25, -0.2) is 4.39 Å². The number of benzene rings is 1. The maximum absolute atomic E-state index is 13.1. The van der Waals surface area contributed by atoms with Crippen LogP contribution in [0.15, 0.2) is 24.3 Å². The van der Waals surface area contributed by atoms with Crippen LogP contribution < -0.4 is 4.90 Å². The van der Waals surface area contributed by atoms with E-state index in [1.165, 1.54) is 65.0 Å². The topological polar surface area (TPSA) is 13.0 Å². The minimum absolute atomic E-state index is 0.151. The van der Waals surface area contributed by atoms with Crippen molar-refractivity contribution in [3.8, 4) is 0 Å². The van der Waals surface area contributed by atoms with E-state index in [1.807, 2.05) is 12.1 Å². The van der Waals surface area contributed by atoms with E-state index in [0.717, 1.165) is 37.9 Å². The third kappa shape index (κ3) is 4.56. The molecule has 1 aromatic carbocycles. The quantitative estimate of drug-likeness (QED) is 0.800. The van der Waals surface area contributed by atoms with Crippen LogP contribution in [0.1, 0.15) is 25.7 Å². The number of likely N-dealkylation sites (tertiary alicyclic amines) is 2. The van der Waals surface area contributed by atoms with E-state index in [1.54, 1.807) is 12.1 Å². The molecule has 4 rings (SSSR count). The molecular formula is C21H33FN4. The molecule has 26 heavy (non-hydrogen) atoms. The zero-order valence-electron chi connectivity index (χ0n) is 16.0. The van der Waals surface area contributed by atoms with Gasteiger partial charge >= 0.3 is 0 Å². The Hall–Kier alpha value is -1.17. The lowest BCUT2D eigenvalue weighted by molar-refractivity contribution is 0.0251. The molecule has 3 aliphatic rings. The summed E-state index contributed by atoms with van der Waals surface area (Å²) in [6.07, 6.45) is 5.63. The number of anilines is 1. The van der Waals surface area contributed by atoms with E-state index in [2.05, 4.69) is 19.6 Å². The first-order valence-corrected chi connectivity index (χ1v) is 10.5. The van der Waals surface area contributed by atoms with Gasteiger partial charge in [0.2, 0.25) is 0 Å². The fourth-order valence-corrected chi connectivity index (χ4v) is 4.60. The molecule has 0 saturated carbocycles. The van der Waals surface area contributed by atoms with Gasteiger partial charge in [0.05, 0.1) is 0 Å². The number of halogens is 1. The molecule has 0 spiro atoms. The molecule has 3 heterocycles. The summed E-state index contributed by atoms with van der Waals surface area (Å²) in [5.41, 5.74) is 1.15. The van der Waals surface area contributed by atoms with Crippen LogP contribution in [0.5, 0.6) is 0 Å². The smallest absolute Gasteiger partial charge is 0.123 e. The Balaban J connectivity index is 1.15. The lowest BCUT2D eigenvalue weighted by Crippen LogP contribution is -2.63. The van der Waals surface area contributed by atoms with Crippen molar-refractivity contribution in [3.63, 3.8) is 0 Å². The standard InChI is InChI=1S/C21H33FN4/c22-19-5-7-20(8-6-19)25-13-15-26(16-14-25)21-17-24(18-21)12-11-23-9-3-1-2-4-10-23/h5-8,21H,1-4,9-18H2. The maximum atomic E-state index is 13.1. The van der Waals surface area contributed by atoms with Gasteiger partial charge in [-0.2, -0.15) is 0 Å². The largest absolute Gasteiger partial charge is 0.369 e. The molecule has 0 aromatic heterocycles. The van der Waals surface area contributed by atoms with Crippen molar-refractivity contribution >= 4 is 5.69 Å².